The number of nitrogens with zero attached hydrogens (tertiary/aromatic N) is 1. The molecule has 0 aromatic heterocycles. The van der Waals surface area contributed by atoms with Crippen LogP contribution in [0.4, 0.5) is 9.59 Å². The molecule has 0 spiro atoms. The number of likely N-dealkylation sites (tertiary alicyclic amines) is 1. The Morgan fingerprint density at radius 1 is 0.745 bits per heavy atom. The first-order chi connectivity index (χ1) is 22.5. The van der Waals surface area contributed by atoms with Crippen molar-refractivity contribution in [1.82, 2.24) is 4.90 Å². The Balaban J connectivity index is 1.07. The summed E-state index contributed by atoms with van der Waals surface area (Å²) in [6.45, 7) is 11.3. The highest BCUT2D eigenvalue weighted by atomic mass is 16.7. The van der Waals surface area contributed by atoms with Gasteiger partial charge in [-0.2, -0.15) is 0 Å². The fraction of sp³-hybridized carbons (Fsp3) is 0.641. The average molecular weight is 652 g/mol. The van der Waals surface area contributed by atoms with Gasteiger partial charge in [0.2, 0.25) is 0 Å². The Hall–Kier alpha value is -3.10. The van der Waals surface area contributed by atoms with Crippen LogP contribution in [-0.2, 0) is 18.9 Å². The van der Waals surface area contributed by atoms with Crippen LogP contribution in [0.5, 0.6) is 5.75 Å². The normalized spacial score (nSPS) is 21.1. The van der Waals surface area contributed by atoms with Crippen LogP contribution in [0.2, 0.25) is 0 Å². The van der Waals surface area contributed by atoms with E-state index in [0.717, 1.165) is 29.9 Å². The Morgan fingerprint density at radius 3 is 1.87 bits per heavy atom. The van der Waals surface area contributed by atoms with Crippen LogP contribution in [-0.4, -0.2) is 67.9 Å². The molecule has 2 aliphatic rings. The van der Waals surface area contributed by atoms with Gasteiger partial charge in [-0.15, -0.1) is 0 Å². The van der Waals surface area contributed by atoms with Crippen molar-refractivity contribution < 1.29 is 33.3 Å². The summed E-state index contributed by atoms with van der Waals surface area (Å²) in [5.41, 5.74) is 3.48. The minimum absolute atomic E-state index is 0.0218. The number of unbranched alkanes of at least 4 members (excludes halogenated alkanes) is 2. The van der Waals surface area contributed by atoms with Gasteiger partial charge < -0.3 is 23.7 Å². The Kier molecular flexibility index (Phi) is 13.6. The number of hydrogen-bond acceptors (Lipinski definition) is 8. The third kappa shape index (κ3) is 11.2. The van der Waals surface area contributed by atoms with E-state index in [-0.39, 0.29) is 43.6 Å². The van der Waals surface area contributed by atoms with Crippen LogP contribution >= 0.6 is 0 Å². The largest absolute Gasteiger partial charge is 0.513 e. The van der Waals surface area contributed by atoms with Gasteiger partial charge in [0, 0.05) is 23.9 Å². The lowest BCUT2D eigenvalue weighted by atomic mass is 9.77. The number of ether oxygens (including phenoxy) is 5. The first kappa shape index (κ1) is 36.7. The lowest BCUT2D eigenvalue weighted by molar-refractivity contribution is -0.0832. The fourth-order valence-corrected chi connectivity index (χ4v) is 7.26. The lowest BCUT2D eigenvalue weighted by Crippen LogP contribution is -2.60. The molecular weight excluding hydrogens is 594 g/mol. The Labute approximate surface area is 282 Å². The summed E-state index contributed by atoms with van der Waals surface area (Å²) in [6.07, 6.45) is 10.6. The number of piperidine rings is 1. The van der Waals surface area contributed by atoms with Gasteiger partial charge in [-0.25, -0.2) is 9.59 Å². The maximum atomic E-state index is 12.2. The van der Waals surface area contributed by atoms with Gasteiger partial charge in [0.25, 0.3) is 0 Å². The van der Waals surface area contributed by atoms with Crippen molar-refractivity contribution in [1.29, 1.82) is 0 Å². The van der Waals surface area contributed by atoms with E-state index in [2.05, 4.69) is 70.8 Å². The quantitative estimate of drug-likeness (QED) is 0.113. The van der Waals surface area contributed by atoms with E-state index in [4.69, 9.17) is 23.7 Å². The number of carbonyl (C=O) groups excluding carboxylic acids is 2. The topological polar surface area (TPSA) is 83.5 Å². The Morgan fingerprint density at radius 2 is 1.30 bits per heavy atom. The summed E-state index contributed by atoms with van der Waals surface area (Å²) in [5.74, 6) is 2.00. The molecule has 2 aromatic rings. The molecule has 0 unspecified atom stereocenters. The Bertz CT molecular complexity index is 1230. The van der Waals surface area contributed by atoms with Gasteiger partial charge in [-0.05, 0) is 101 Å². The van der Waals surface area contributed by atoms with Crippen molar-refractivity contribution in [3.05, 3.63) is 54.1 Å². The van der Waals surface area contributed by atoms with Crippen LogP contribution in [0.1, 0.15) is 110 Å². The maximum absolute atomic E-state index is 12.2. The number of hydrogen-bond donors (Lipinski definition) is 0. The molecule has 260 valence electrons. The number of benzene rings is 2. The summed E-state index contributed by atoms with van der Waals surface area (Å²) < 4.78 is 26.6. The van der Waals surface area contributed by atoms with Crippen molar-refractivity contribution in [3.8, 4) is 16.9 Å². The molecule has 0 atom stereocenters. The van der Waals surface area contributed by atoms with Gasteiger partial charge in [-0.1, -0.05) is 69.0 Å². The molecule has 2 fully saturated rings. The fourth-order valence-electron chi connectivity index (χ4n) is 7.26. The van der Waals surface area contributed by atoms with Crippen LogP contribution in [0.15, 0.2) is 48.5 Å². The monoisotopic (exact) mass is 651 g/mol. The minimum atomic E-state index is -0.797. The SMILES string of the molecule is CCCCC[C@H]1CC[C@H](c2ccc(-c3ccc(OC(=O)OCCOCCOC(=O)OC4CC(C)(C)N(C)C(C)(C)C4)cc3)cc2)CC1. The van der Waals surface area contributed by atoms with E-state index < -0.39 is 12.3 Å². The predicted octanol–water partition coefficient (Wildman–Crippen LogP) is 9.54. The van der Waals surface area contributed by atoms with Gasteiger partial charge >= 0.3 is 12.3 Å². The molecule has 0 amide bonds. The number of carbonyl (C=O) groups is 2. The van der Waals surface area contributed by atoms with Gasteiger partial charge in [-0.3, -0.25) is 4.90 Å². The van der Waals surface area contributed by atoms with E-state index in [1.807, 2.05) is 12.1 Å². The smallest absolute Gasteiger partial charge is 0.432 e. The van der Waals surface area contributed by atoms with E-state index in [0.29, 0.717) is 11.7 Å². The highest BCUT2D eigenvalue weighted by Crippen LogP contribution is 2.39. The van der Waals surface area contributed by atoms with Crippen LogP contribution in [0.25, 0.3) is 11.1 Å². The summed E-state index contributed by atoms with van der Waals surface area (Å²) in [6, 6.07) is 16.4. The lowest BCUT2D eigenvalue weighted by Gasteiger charge is -2.52. The summed E-state index contributed by atoms with van der Waals surface area (Å²) in [5, 5.41) is 0. The highest BCUT2D eigenvalue weighted by Gasteiger charge is 2.44. The predicted molar refractivity (Wildman–Crippen MR) is 185 cm³/mol. The van der Waals surface area contributed by atoms with E-state index in [9.17, 15) is 9.59 Å². The summed E-state index contributed by atoms with van der Waals surface area (Å²) >= 11 is 0. The molecule has 0 bridgehead atoms. The van der Waals surface area contributed by atoms with Crippen LogP contribution in [0.3, 0.4) is 0 Å². The maximum Gasteiger partial charge on any atom is 0.513 e. The molecule has 8 heteroatoms. The molecule has 0 N–H and O–H groups in total. The molecule has 1 saturated heterocycles. The first-order valence-electron chi connectivity index (χ1n) is 17.7. The van der Waals surface area contributed by atoms with Crippen molar-refractivity contribution in [2.75, 3.05) is 33.5 Å². The molecule has 8 nitrogen and oxygen atoms in total. The molecule has 0 radical (unpaired) electrons. The zero-order valence-electron chi connectivity index (χ0n) is 29.6. The van der Waals surface area contributed by atoms with Crippen molar-refractivity contribution >= 4 is 12.3 Å². The second-order valence-corrected chi connectivity index (χ2v) is 14.6. The van der Waals surface area contributed by atoms with Crippen LogP contribution in [0, 0.1) is 5.92 Å². The van der Waals surface area contributed by atoms with E-state index >= 15 is 0 Å². The summed E-state index contributed by atoms with van der Waals surface area (Å²) in [7, 11) is 2.10. The van der Waals surface area contributed by atoms with E-state index in [1.54, 1.807) is 12.1 Å². The zero-order chi connectivity index (χ0) is 33.9. The first-order valence-corrected chi connectivity index (χ1v) is 17.7. The molecule has 1 heterocycles. The molecule has 1 aliphatic carbocycles. The minimum Gasteiger partial charge on any atom is -0.432 e. The molecule has 2 aromatic carbocycles. The zero-order valence-corrected chi connectivity index (χ0v) is 29.6. The third-order valence-electron chi connectivity index (χ3n) is 10.3. The molecule has 1 saturated carbocycles. The molecule has 47 heavy (non-hydrogen) atoms. The molecule has 1 aliphatic heterocycles. The van der Waals surface area contributed by atoms with Crippen molar-refractivity contribution in [3.63, 3.8) is 0 Å². The third-order valence-corrected chi connectivity index (χ3v) is 10.3. The second kappa shape index (κ2) is 17.3. The van der Waals surface area contributed by atoms with Gasteiger partial charge in [0.1, 0.15) is 25.1 Å². The molecular formula is C39H57NO7. The average Bonchev–Trinajstić information content (AvgIpc) is 3.04. The van der Waals surface area contributed by atoms with Gasteiger partial charge in [0.15, 0.2) is 0 Å². The highest BCUT2D eigenvalue weighted by molar-refractivity contribution is 5.67. The standard InChI is InChI=1S/C39H57NO7/c1-7-8-9-10-29-11-13-30(14-12-29)31-15-17-32(18-16-31)33-19-21-34(22-20-33)46-36(41)44-25-23-43-24-26-45-37(42)47-35-27-38(2,3)40(6)39(4,5)28-35/h15-22,29-30,35H,7-14,23-28H2,1-6H3/t29-,30-. The van der Waals surface area contributed by atoms with E-state index in [1.165, 1.54) is 56.9 Å². The number of rotatable bonds is 14. The van der Waals surface area contributed by atoms with Gasteiger partial charge in [0.05, 0.1) is 13.2 Å². The molecule has 4 rings (SSSR count). The van der Waals surface area contributed by atoms with Crippen LogP contribution < -0.4 is 4.74 Å². The van der Waals surface area contributed by atoms with Crippen molar-refractivity contribution in [2.24, 2.45) is 5.92 Å². The second-order valence-electron chi connectivity index (χ2n) is 14.6. The summed E-state index contributed by atoms with van der Waals surface area (Å²) in [4.78, 5) is 26.6. The van der Waals surface area contributed by atoms with Crippen molar-refractivity contribution in [2.45, 2.75) is 122 Å².